The topological polar surface area (TPSA) is 0 Å². The molecule has 0 aromatic heterocycles. The molecule has 2 fully saturated rings. The van der Waals surface area contributed by atoms with Crippen molar-refractivity contribution in [2.75, 3.05) is 5.88 Å². The Kier molecular flexibility index (Phi) is 2.61. The van der Waals surface area contributed by atoms with Gasteiger partial charge in [0.15, 0.2) is 0 Å². The molecule has 2 aliphatic rings. The average molecular weight is 201 g/mol. The summed E-state index contributed by atoms with van der Waals surface area (Å²) in [6.45, 7) is 4.74. The van der Waals surface area contributed by atoms with Gasteiger partial charge in [0.1, 0.15) is 0 Å². The van der Waals surface area contributed by atoms with Gasteiger partial charge in [-0.2, -0.15) is 0 Å². The van der Waals surface area contributed by atoms with E-state index in [0.717, 1.165) is 29.0 Å². The summed E-state index contributed by atoms with van der Waals surface area (Å²) in [7, 11) is 0. The van der Waals surface area contributed by atoms with Crippen molar-refractivity contribution in [3.05, 3.63) is 0 Å². The Labute approximate surface area is 87.0 Å². The SMILES string of the molecule is CC(C)C1CCC2(CC1)CC2CCl. The van der Waals surface area contributed by atoms with E-state index in [0.29, 0.717) is 0 Å². The van der Waals surface area contributed by atoms with Crippen LogP contribution in [0.1, 0.15) is 46.0 Å². The molecular formula is C12H21Cl. The number of hydrogen-bond donors (Lipinski definition) is 0. The van der Waals surface area contributed by atoms with Gasteiger partial charge in [-0.3, -0.25) is 0 Å². The van der Waals surface area contributed by atoms with Crippen LogP contribution in [0.25, 0.3) is 0 Å². The van der Waals surface area contributed by atoms with Crippen molar-refractivity contribution in [1.29, 1.82) is 0 Å². The van der Waals surface area contributed by atoms with Crippen molar-refractivity contribution in [3.63, 3.8) is 0 Å². The minimum Gasteiger partial charge on any atom is -0.126 e. The molecule has 1 spiro atoms. The fourth-order valence-electron chi connectivity index (χ4n) is 3.14. The van der Waals surface area contributed by atoms with Gasteiger partial charge >= 0.3 is 0 Å². The highest BCUT2D eigenvalue weighted by atomic mass is 35.5. The zero-order valence-electron chi connectivity index (χ0n) is 8.85. The van der Waals surface area contributed by atoms with E-state index in [4.69, 9.17) is 11.6 Å². The molecule has 0 aromatic carbocycles. The Morgan fingerprint density at radius 2 is 1.92 bits per heavy atom. The molecule has 0 nitrogen and oxygen atoms in total. The van der Waals surface area contributed by atoms with Crippen LogP contribution in [-0.2, 0) is 0 Å². The first kappa shape index (κ1) is 9.83. The van der Waals surface area contributed by atoms with Gasteiger partial charge < -0.3 is 0 Å². The lowest BCUT2D eigenvalue weighted by molar-refractivity contribution is 0.200. The molecule has 1 unspecified atom stereocenters. The van der Waals surface area contributed by atoms with Crippen molar-refractivity contribution in [2.45, 2.75) is 46.0 Å². The van der Waals surface area contributed by atoms with Crippen LogP contribution in [-0.4, -0.2) is 5.88 Å². The van der Waals surface area contributed by atoms with Crippen LogP contribution in [0.5, 0.6) is 0 Å². The second-order valence-corrected chi connectivity index (χ2v) is 5.81. The van der Waals surface area contributed by atoms with E-state index in [9.17, 15) is 0 Å². The maximum absolute atomic E-state index is 5.92. The van der Waals surface area contributed by atoms with E-state index < -0.39 is 0 Å². The molecule has 0 amide bonds. The predicted molar refractivity (Wildman–Crippen MR) is 58.1 cm³/mol. The summed E-state index contributed by atoms with van der Waals surface area (Å²) in [6.07, 6.45) is 7.29. The Balaban J connectivity index is 1.84. The fraction of sp³-hybridized carbons (Fsp3) is 1.00. The van der Waals surface area contributed by atoms with Crippen molar-refractivity contribution < 1.29 is 0 Å². The van der Waals surface area contributed by atoms with Gasteiger partial charge in [-0.1, -0.05) is 13.8 Å². The van der Waals surface area contributed by atoms with E-state index in [2.05, 4.69) is 13.8 Å². The highest BCUT2D eigenvalue weighted by molar-refractivity contribution is 6.18. The lowest BCUT2D eigenvalue weighted by Gasteiger charge is -2.31. The van der Waals surface area contributed by atoms with Crippen LogP contribution in [0.15, 0.2) is 0 Å². The molecule has 0 radical (unpaired) electrons. The molecule has 0 aliphatic heterocycles. The quantitative estimate of drug-likeness (QED) is 0.590. The minimum atomic E-state index is 0.729. The van der Waals surface area contributed by atoms with Gasteiger partial charge in [-0.15, -0.1) is 11.6 Å². The normalized spacial score (nSPS) is 44.3. The van der Waals surface area contributed by atoms with Crippen molar-refractivity contribution in [2.24, 2.45) is 23.2 Å². The van der Waals surface area contributed by atoms with Gasteiger partial charge in [-0.05, 0) is 55.3 Å². The van der Waals surface area contributed by atoms with Crippen molar-refractivity contribution >= 4 is 11.6 Å². The highest BCUT2D eigenvalue weighted by Gasteiger charge is 2.54. The third kappa shape index (κ3) is 1.75. The van der Waals surface area contributed by atoms with Crippen molar-refractivity contribution in [1.82, 2.24) is 0 Å². The molecule has 2 rings (SSSR count). The largest absolute Gasteiger partial charge is 0.126 e. The molecule has 0 saturated heterocycles. The Morgan fingerprint density at radius 3 is 2.31 bits per heavy atom. The third-order valence-corrected chi connectivity index (χ3v) is 4.89. The molecular weight excluding hydrogens is 180 g/mol. The first-order valence-corrected chi connectivity index (χ1v) is 6.27. The zero-order valence-corrected chi connectivity index (χ0v) is 9.61. The summed E-state index contributed by atoms with van der Waals surface area (Å²) in [6, 6.07) is 0. The molecule has 2 saturated carbocycles. The van der Waals surface area contributed by atoms with Gasteiger partial charge in [-0.25, -0.2) is 0 Å². The van der Waals surface area contributed by atoms with Crippen molar-refractivity contribution in [3.8, 4) is 0 Å². The van der Waals surface area contributed by atoms with Gasteiger partial charge in [0.2, 0.25) is 0 Å². The standard InChI is InChI=1S/C12H21Cl/c1-9(2)10-3-5-12(6-4-10)7-11(12)8-13/h9-11H,3-8H2,1-2H3. The van der Waals surface area contributed by atoms with Crippen LogP contribution in [0.3, 0.4) is 0 Å². The summed E-state index contributed by atoms with van der Waals surface area (Å²) in [4.78, 5) is 0. The van der Waals surface area contributed by atoms with E-state index in [-0.39, 0.29) is 0 Å². The Morgan fingerprint density at radius 1 is 1.31 bits per heavy atom. The summed E-state index contributed by atoms with van der Waals surface area (Å²) in [5, 5.41) is 0. The Bertz CT molecular complexity index is 178. The molecule has 1 atom stereocenters. The minimum absolute atomic E-state index is 0.729. The first-order chi connectivity index (χ1) is 6.18. The summed E-state index contributed by atoms with van der Waals surface area (Å²) >= 11 is 5.92. The summed E-state index contributed by atoms with van der Waals surface area (Å²) < 4.78 is 0. The Hall–Kier alpha value is 0.290. The molecule has 0 bridgehead atoms. The second kappa shape index (κ2) is 3.46. The predicted octanol–water partition coefficient (Wildman–Crippen LogP) is 4.08. The lowest BCUT2D eigenvalue weighted by Crippen LogP contribution is -2.20. The monoisotopic (exact) mass is 200 g/mol. The molecule has 76 valence electrons. The fourth-order valence-corrected chi connectivity index (χ4v) is 3.58. The first-order valence-electron chi connectivity index (χ1n) is 5.74. The third-order valence-electron chi connectivity index (χ3n) is 4.51. The second-order valence-electron chi connectivity index (χ2n) is 5.50. The molecule has 0 heterocycles. The summed E-state index contributed by atoms with van der Waals surface area (Å²) in [5.74, 6) is 3.68. The molecule has 2 aliphatic carbocycles. The number of hydrogen-bond acceptors (Lipinski definition) is 0. The number of halogens is 1. The van der Waals surface area contributed by atoms with E-state index in [1.54, 1.807) is 0 Å². The van der Waals surface area contributed by atoms with E-state index in [1.807, 2.05) is 0 Å². The van der Waals surface area contributed by atoms with Gasteiger partial charge in [0.25, 0.3) is 0 Å². The zero-order chi connectivity index (χ0) is 9.47. The molecule has 1 heteroatoms. The number of rotatable bonds is 2. The van der Waals surface area contributed by atoms with E-state index in [1.165, 1.54) is 32.1 Å². The van der Waals surface area contributed by atoms with Crippen LogP contribution in [0.4, 0.5) is 0 Å². The molecule has 0 aromatic rings. The number of alkyl halides is 1. The smallest absolute Gasteiger partial charge is 0.0257 e. The van der Waals surface area contributed by atoms with Crippen LogP contribution >= 0.6 is 11.6 Å². The van der Waals surface area contributed by atoms with Crippen LogP contribution < -0.4 is 0 Å². The van der Waals surface area contributed by atoms with Gasteiger partial charge in [0, 0.05) is 5.88 Å². The van der Waals surface area contributed by atoms with E-state index >= 15 is 0 Å². The maximum Gasteiger partial charge on any atom is 0.0257 e. The highest BCUT2D eigenvalue weighted by Crippen LogP contribution is 2.62. The maximum atomic E-state index is 5.92. The lowest BCUT2D eigenvalue weighted by atomic mass is 9.74. The molecule has 13 heavy (non-hydrogen) atoms. The van der Waals surface area contributed by atoms with Crippen LogP contribution in [0, 0.1) is 23.2 Å². The summed E-state index contributed by atoms with van der Waals surface area (Å²) in [5.41, 5.74) is 0.729. The van der Waals surface area contributed by atoms with Gasteiger partial charge in [0.05, 0.1) is 0 Å². The average Bonchev–Trinajstić information content (AvgIpc) is 2.80. The van der Waals surface area contributed by atoms with Crippen LogP contribution in [0.2, 0.25) is 0 Å². The molecule has 0 N–H and O–H groups in total.